The van der Waals surface area contributed by atoms with Crippen LogP contribution in [-0.2, 0) is 6.42 Å². The van der Waals surface area contributed by atoms with Gasteiger partial charge < -0.3 is 10.2 Å². The van der Waals surface area contributed by atoms with E-state index in [0.29, 0.717) is 12.2 Å². The summed E-state index contributed by atoms with van der Waals surface area (Å²) in [6.45, 7) is 4.49. The fraction of sp³-hybridized carbons (Fsp3) is 0.217. The zero-order valence-corrected chi connectivity index (χ0v) is 16.8. The molecule has 2 heterocycles. The lowest BCUT2D eigenvalue weighted by molar-refractivity contribution is 0.0790. The molecule has 6 nitrogen and oxygen atoms in total. The molecule has 0 atom stereocenters. The average molecular weight is 388 g/mol. The van der Waals surface area contributed by atoms with Gasteiger partial charge in [0.25, 0.3) is 11.8 Å². The molecule has 2 amide bonds. The molecule has 0 bridgehead atoms. The number of anilines is 1. The van der Waals surface area contributed by atoms with E-state index in [1.807, 2.05) is 44.2 Å². The Morgan fingerprint density at radius 3 is 2.31 bits per heavy atom. The summed E-state index contributed by atoms with van der Waals surface area (Å²) in [5, 5.41) is 2.85. The minimum Gasteiger partial charge on any atom is -0.340 e. The van der Waals surface area contributed by atoms with Crippen molar-refractivity contribution in [3.05, 3.63) is 89.0 Å². The highest BCUT2D eigenvalue weighted by atomic mass is 16.2. The first-order valence-corrected chi connectivity index (χ1v) is 9.43. The number of carbonyl (C=O) groups excluding carboxylic acids is 2. The molecule has 0 aliphatic carbocycles. The van der Waals surface area contributed by atoms with Gasteiger partial charge in [-0.05, 0) is 73.4 Å². The minimum absolute atomic E-state index is 0.206. The smallest absolute Gasteiger partial charge is 0.274 e. The van der Waals surface area contributed by atoms with Crippen LogP contribution in [0.3, 0.4) is 0 Å². The normalized spacial score (nSPS) is 10.4. The number of hydrogen-bond donors (Lipinski definition) is 1. The van der Waals surface area contributed by atoms with Gasteiger partial charge in [0.15, 0.2) is 0 Å². The number of pyridine rings is 2. The first kappa shape index (κ1) is 20.2. The van der Waals surface area contributed by atoms with Gasteiger partial charge in [-0.2, -0.15) is 0 Å². The summed E-state index contributed by atoms with van der Waals surface area (Å²) in [5.41, 5.74) is 4.39. The SMILES string of the molecule is Cc1cc(C)cc(NC(=O)c2cccc(C(=O)N(C)CCc3ccncc3)n2)c1. The van der Waals surface area contributed by atoms with Gasteiger partial charge in [0.05, 0.1) is 0 Å². The quantitative estimate of drug-likeness (QED) is 0.699. The molecular formula is C23H24N4O2. The molecule has 6 heteroatoms. The summed E-state index contributed by atoms with van der Waals surface area (Å²) in [6.07, 6.45) is 4.19. The van der Waals surface area contributed by atoms with Crippen LogP contribution in [0, 0.1) is 13.8 Å². The van der Waals surface area contributed by atoms with E-state index in [2.05, 4.69) is 15.3 Å². The molecule has 2 aromatic heterocycles. The summed E-state index contributed by atoms with van der Waals surface area (Å²) < 4.78 is 0. The highest BCUT2D eigenvalue weighted by molar-refractivity contribution is 6.03. The van der Waals surface area contributed by atoms with Crippen molar-refractivity contribution in [2.45, 2.75) is 20.3 Å². The number of rotatable bonds is 6. The predicted molar refractivity (Wildman–Crippen MR) is 113 cm³/mol. The van der Waals surface area contributed by atoms with Crippen molar-refractivity contribution in [3.63, 3.8) is 0 Å². The van der Waals surface area contributed by atoms with Gasteiger partial charge in [0.1, 0.15) is 11.4 Å². The summed E-state index contributed by atoms with van der Waals surface area (Å²) in [6, 6.07) is 14.6. The lowest BCUT2D eigenvalue weighted by atomic mass is 10.1. The van der Waals surface area contributed by atoms with Crippen LogP contribution in [0.15, 0.2) is 60.9 Å². The minimum atomic E-state index is -0.343. The van der Waals surface area contributed by atoms with Crippen LogP contribution in [0.5, 0.6) is 0 Å². The summed E-state index contributed by atoms with van der Waals surface area (Å²) in [4.78, 5) is 35.2. The van der Waals surface area contributed by atoms with E-state index >= 15 is 0 Å². The number of carbonyl (C=O) groups is 2. The molecule has 148 valence electrons. The number of likely N-dealkylation sites (N-methyl/N-ethyl adjacent to an activating group) is 1. The van der Waals surface area contributed by atoms with Crippen LogP contribution in [0.4, 0.5) is 5.69 Å². The third kappa shape index (κ3) is 5.48. The second-order valence-corrected chi connectivity index (χ2v) is 7.07. The van der Waals surface area contributed by atoms with Gasteiger partial charge >= 0.3 is 0 Å². The average Bonchev–Trinajstić information content (AvgIpc) is 2.71. The largest absolute Gasteiger partial charge is 0.340 e. The molecule has 3 rings (SSSR count). The fourth-order valence-corrected chi connectivity index (χ4v) is 3.07. The first-order valence-electron chi connectivity index (χ1n) is 9.43. The third-order valence-corrected chi connectivity index (χ3v) is 4.51. The van der Waals surface area contributed by atoms with Crippen molar-refractivity contribution in [1.29, 1.82) is 0 Å². The van der Waals surface area contributed by atoms with E-state index in [1.165, 1.54) is 0 Å². The fourth-order valence-electron chi connectivity index (χ4n) is 3.07. The maximum Gasteiger partial charge on any atom is 0.274 e. The molecule has 29 heavy (non-hydrogen) atoms. The maximum atomic E-state index is 12.7. The van der Waals surface area contributed by atoms with E-state index < -0.39 is 0 Å². The molecule has 0 aliphatic heterocycles. The Labute approximate surface area is 170 Å². The number of benzene rings is 1. The summed E-state index contributed by atoms with van der Waals surface area (Å²) in [7, 11) is 1.73. The summed E-state index contributed by atoms with van der Waals surface area (Å²) in [5.74, 6) is -0.566. The third-order valence-electron chi connectivity index (χ3n) is 4.51. The summed E-state index contributed by atoms with van der Waals surface area (Å²) >= 11 is 0. The Hall–Kier alpha value is -3.54. The number of hydrogen-bond acceptors (Lipinski definition) is 4. The van der Waals surface area contributed by atoms with Gasteiger partial charge in [0.2, 0.25) is 0 Å². The monoisotopic (exact) mass is 388 g/mol. The molecule has 1 N–H and O–H groups in total. The Morgan fingerprint density at radius 1 is 0.966 bits per heavy atom. The van der Waals surface area contributed by atoms with Crippen molar-refractivity contribution in [3.8, 4) is 0 Å². The van der Waals surface area contributed by atoms with Crippen molar-refractivity contribution < 1.29 is 9.59 Å². The molecule has 0 spiro atoms. The zero-order chi connectivity index (χ0) is 20.8. The zero-order valence-electron chi connectivity index (χ0n) is 16.8. The van der Waals surface area contributed by atoms with E-state index in [0.717, 1.165) is 23.1 Å². The lowest BCUT2D eigenvalue weighted by Crippen LogP contribution is -2.30. The van der Waals surface area contributed by atoms with Gasteiger partial charge in [0, 0.05) is 31.7 Å². The van der Waals surface area contributed by atoms with E-state index in [-0.39, 0.29) is 23.2 Å². The molecule has 0 saturated heterocycles. The van der Waals surface area contributed by atoms with Crippen LogP contribution in [0.1, 0.15) is 37.7 Å². The maximum absolute atomic E-state index is 12.7. The molecule has 0 fully saturated rings. The van der Waals surface area contributed by atoms with Crippen LogP contribution in [0.25, 0.3) is 0 Å². The molecule has 0 radical (unpaired) electrons. The van der Waals surface area contributed by atoms with Gasteiger partial charge in [-0.15, -0.1) is 0 Å². The second-order valence-electron chi connectivity index (χ2n) is 7.07. The van der Waals surface area contributed by atoms with Gasteiger partial charge in [-0.25, -0.2) is 4.98 Å². The molecular weight excluding hydrogens is 364 g/mol. The van der Waals surface area contributed by atoms with Crippen molar-refractivity contribution in [2.75, 3.05) is 18.9 Å². The Morgan fingerprint density at radius 2 is 1.62 bits per heavy atom. The number of nitrogens with zero attached hydrogens (tertiary/aromatic N) is 3. The van der Waals surface area contributed by atoms with E-state index in [4.69, 9.17) is 0 Å². The second kappa shape index (κ2) is 9.10. The molecule has 0 aliphatic rings. The van der Waals surface area contributed by atoms with Gasteiger partial charge in [-0.3, -0.25) is 14.6 Å². The Balaban J connectivity index is 1.67. The Kier molecular flexibility index (Phi) is 6.34. The topological polar surface area (TPSA) is 75.2 Å². The predicted octanol–water partition coefficient (Wildman–Crippen LogP) is 3.66. The first-order chi connectivity index (χ1) is 13.9. The van der Waals surface area contributed by atoms with Crippen molar-refractivity contribution in [1.82, 2.24) is 14.9 Å². The molecule has 0 saturated carbocycles. The molecule has 1 aromatic carbocycles. The lowest BCUT2D eigenvalue weighted by Gasteiger charge is -2.17. The highest BCUT2D eigenvalue weighted by Gasteiger charge is 2.16. The number of nitrogens with one attached hydrogen (secondary N) is 1. The van der Waals surface area contributed by atoms with Crippen molar-refractivity contribution in [2.24, 2.45) is 0 Å². The van der Waals surface area contributed by atoms with Crippen LogP contribution >= 0.6 is 0 Å². The number of aromatic nitrogens is 2. The highest BCUT2D eigenvalue weighted by Crippen LogP contribution is 2.15. The molecule has 3 aromatic rings. The van der Waals surface area contributed by atoms with Crippen LogP contribution in [-0.4, -0.2) is 40.3 Å². The Bertz CT molecular complexity index is 998. The van der Waals surface area contributed by atoms with E-state index in [9.17, 15) is 9.59 Å². The van der Waals surface area contributed by atoms with E-state index in [1.54, 1.807) is 42.5 Å². The standard InChI is InChI=1S/C23H24N4O2/c1-16-13-17(2)15-19(14-16)25-22(28)20-5-4-6-21(26-20)23(29)27(3)12-9-18-7-10-24-11-8-18/h4-8,10-11,13-15H,9,12H2,1-3H3,(H,25,28). The van der Waals surface area contributed by atoms with Crippen LogP contribution < -0.4 is 5.32 Å². The molecule has 0 unspecified atom stereocenters. The number of amides is 2. The number of aryl methyl sites for hydroxylation is 2. The van der Waals surface area contributed by atoms with Crippen LogP contribution in [0.2, 0.25) is 0 Å². The van der Waals surface area contributed by atoms with Crippen molar-refractivity contribution >= 4 is 17.5 Å². The van der Waals surface area contributed by atoms with Gasteiger partial charge in [-0.1, -0.05) is 12.1 Å².